The summed E-state index contributed by atoms with van der Waals surface area (Å²) < 4.78 is 5.63. The van der Waals surface area contributed by atoms with Crippen LogP contribution in [0.5, 0.6) is 0 Å². The summed E-state index contributed by atoms with van der Waals surface area (Å²) in [5, 5.41) is 0.958. The molecule has 2 heterocycles. The maximum atomic E-state index is 5.70. The highest BCUT2D eigenvalue weighted by Crippen LogP contribution is 2.24. The molecule has 0 aliphatic carbocycles. The van der Waals surface area contributed by atoms with Crippen molar-refractivity contribution in [1.29, 1.82) is 0 Å². The van der Waals surface area contributed by atoms with Crippen LogP contribution in [-0.4, -0.2) is 9.97 Å². The third-order valence-electron chi connectivity index (χ3n) is 2.44. The summed E-state index contributed by atoms with van der Waals surface area (Å²) in [6.45, 7) is 0. The summed E-state index contributed by atoms with van der Waals surface area (Å²) in [6.07, 6.45) is 1.77. The van der Waals surface area contributed by atoms with Crippen LogP contribution in [0.4, 0.5) is 5.69 Å². The summed E-state index contributed by atoms with van der Waals surface area (Å²) in [7, 11) is 0. The number of rotatable bonds is 3. The number of anilines is 1. The lowest BCUT2D eigenvalue weighted by atomic mass is 10.3. The Balaban J connectivity index is 1.79. The quantitative estimate of drug-likeness (QED) is 0.577. The molecule has 0 saturated heterocycles. The highest BCUT2D eigenvalue weighted by atomic mass is 32.2. The van der Waals surface area contributed by atoms with Crippen molar-refractivity contribution in [2.75, 3.05) is 5.73 Å². The van der Waals surface area contributed by atoms with E-state index in [2.05, 4.69) is 9.97 Å². The molecule has 18 heavy (non-hydrogen) atoms. The van der Waals surface area contributed by atoms with Gasteiger partial charge in [0, 0.05) is 11.9 Å². The molecule has 0 bridgehead atoms. The van der Waals surface area contributed by atoms with Gasteiger partial charge < -0.3 is 10.2 Å². The first-order chi connectivity index (χ1) is 8.81. The number of nitrogens with two attached hydrogens (primary N) is 1. The number of thioether (sulfide) groups is 1. The van der Waals surface area contributed by atoms with E-state index in [-0.39, 0.29) is 0 Å². The van der Waals surface area contributed by atoms with Crippen molar-refractivity contribution < 1.29 is 4.42 Å². The zero-order valence-electron chi connectivity index (χ0n) is 9.54. The van der Waals surface area contributed by atoms with Gasteiger partial charge in [-0.1, -0.05) is 17.8 Å². The molecule has 0 unspecified atom stereocenters. The third kappa shape index (κ3) is 2.31. The molecule has 0 aliphatic rings. The molecule has 3 aromatic rings. The van der Waals surface area contributed by atoms with Gasteiger partial charge in [-0.05, 0) is 30.3 Å². The molecule has 0 amide bonds. The van der Waals surface area contributed by atoms with Gasteiger partial charge in [0.2, 0.25) is 5.89 Å². The number of hydrogen-bond donors (Lipinski definition) is 1. The molecule has 0 atom stereocenters. The average molecular weight is 257 g/mol. The summed E-state index contributed by atoms with van der Waals surface area (Å²) in [6, 6.07) is 11.3. The smallest absolute Gasteiger partial charge is 0.205 e. The summed E-state index contributed by atoms with van der Waals surface area (Å²) >= 11 is 1.59. The van der Waals surface area contributed by atoms with E-state index >= 15 is 0 Å². The minimum absolute atomic E-state index is 0.658. The first-order valence-corrected chi connectivity index (χ1v) is 6.48. The van der Waals surface area contributed by atoms with Crippen molar-refractivity contribution in [3.63, 3.8) is 0 Å². The molecular weight excluding hydrogens is 246 g/mol. The van der Waals surface area contributed by atoms with Crippen LogP contribution in [0.15, 0.2) is 52.0 Å². The normalized spacial score (nSPS) is 10.9. The molecule has 1 aromatic carbocycles. The predicted molar refractivity (Wildman–Crippen MR) is 72.2 cm³/mol. The first kappa shape index (κ1) is 11.1. The van der Waals surface area contributed by atoms with Gasteiger partial charge in [-0.2, -0.15) is 0 Å². The van der Waals surface area contributed by atoms with Crippen LogP contribution in [0.3, 0.4) is 0 Å². The second-order valence-electron chi connectivity index (χ2n) is 3.79. The van der Waals surface area contributed by atoms with E-state index in [1.54, 1.807) is 18.0 Å². The maximum Gasteiger partial charge on any atom is 0.205 e. The Labute approximate surface area is 108 Å². The van der Waals surface area contributed by atoms with Crippen LogP contribution in [0.25, 0.3) is 11.1 Å². The molecule has 90 valence electrons. The van der Waals surface area contributed by atoms with Crippen molar-refractivity contribution >= 4 is 28.5 Å². The van der Waals surface area contributed by atoms with E-state index in [4.69, 9.17) is 10.2 Å². The van der Waals surface area contributed by atoms with Crippen molar-refractivity contribution in [2.45, 2.75) is 10.8 Å². The van der Waals surface area contributed by atoms with Gasteiger partial charge in [0.25, 0.3) is 0 Å². The van der Waals surface area contributed by atoms with Gasteiger partial charge >= 0.3 is 0 Å². The Morgan fingerprint density at radius 2 is 2.17 bits per heavy atom. The fourth-order valence-corrected chi connectivity index (χ4v) is 2.33. The van der Waals surface area contributed by atoms with Crippen LogP contribution in [0.1, 0.15) is 5.89 Å². The van der Waals surface area contributed by atoms with Crippen LogP contribution < -0.4 is 5.73 Å². The van der Waals surface area contributed by atoms with Gasteiger partial charge in [0.05, 0.1) is 10.8 Å². The van der Waals surface area contributed by atoms with Gasteiger partial charge in [0.15, 0.2) is 5.58 Å². The first-order valence-electron chi connectivity index (χ1n) is 5.50. The lowest BCUT2D eigenvalue weighted by Gasteiger charge is -1.95. The largest absolute Gasteiger partial charge is 0.440 e. The summed E-state index contributed by atoms with van der Waals surface area (Å²) in [5.74, 6) is 1.34. The lowest BCUT2D eigenvalue weighted by Crippen LogP contribution is -1.83. The number of pyridine rings is 1. The molecule has 3 rings (SSSR count). The predicted octanol–water partition coefficient (Wildman–Crippen LogP) is 3.10. The zero-order valence-corrected chi connectivity index (χ0v) is 10.4. The summed E-state index contributed by atoms with van der Waals surface area (Å²) in [5.41, 5.74) is 7.96. The number of aromatic nitrogens is 2. The number of benzene rings is 1. The van der Waals surface area contributed by atoms with Gasteiger partial charge in [-0.3, -0.25) is 0 Å². The molecule has 0 radical (unpaired) electrons. The minimum Gasteiger partial charge on any atom is -0.440 e. The Morgan fingerprint density at radius 3 is 3.00 bits per heavy atom. The van der Waals surface area contributed by atoms with Crippen molar-refractivity contribution in [3.05, 3.63) is 48.5 Å². The molecule has 4 nitrogen and oxygen atoms in total. The number of nitrogen functional groups attached to an aromatic ring is 1. The van der Waals surface area contributed by atoms with Crippen LogP contribution in [-0.2, 0) is 5.75 Å². The second kappa shape index (κ2) is 4.70. The molecule has 2 N–H and O–H groups in total. The number of nitrogens with zero attached hydrogens (tertiary/aromatic N) is 2. The molecule has 0 fully saturated rings. The monoisotopic (exact) mass is 257 g/mol. The van der Waals surface area contributed by atoms with Crippen molar-refractivity contribution in [3.8, 4) is 0 Å². The van der Waals surface area contributed by atoms with E-state index in [1.165, 1.54) is 0 Å². The average Bonchev–Trinajstić information content (AvgIpc) is 2.79. The van der Waals surface area contributed by atoms with Gasteiger partial charge in [0.1, 0.15) is 5.52 Å². The van der Waals surface area contributed by atoms with Crippen molar-refractivity contribution in [1.82, 2.24) is 9.97 Å². The van der Waals surface area contributed by atoms with Crippen LogP contribution >= 0.6 is 11.8 Å². The zero-order chi connectivity index (χ0) is 12.4. The lowest BCUT2D eigenvalue weighted by molar-refractivity contribution is 0.556. The number of hydrogen-bond acceptors (Lipinski definition) is 5. The van der Waals surface area contributed by atoms with E-state index in [0.717, 1.165) is 16.1 Å². The van der Waals surface area contributed by atoms with E-state index in [1.807, 2.05) is 36.4 Å². The highest BCUT2D eigenvalue weighted by molar-refractivity contribution is 7.98. The number of fused-ring (bicyclic) bond motifs is 1. The fraction of sp³-hybridized carbons (Fsp3) is 0.0769. The molecule has 0 aliphatic heterocycles. The topological polar surface area (TPSA) is 64.9 Å². The Kier molecular flexibility index (Phi) is 2.90. The Bertz CT molecular complexity index is 666. The van der Waals surface area contributed by atoms with Crippen LogP contribution in [0, 0.1) is 0 Å². The maximum absolute atomic E-state index is 5.70. The SMILES string of the molecule is Nc1ccc2oc(CSc3ccccn3)nc2c1. The third-order valence-corrected chi connectivity index (χ3v) is 3.37. The second-order valence-corrected chi connectivity index (χ2v) is 4.79. The van der Waals surface area contributed by atoms with Gasteiger partial charge in [-0.25, -0.2) is 9.97 Å². The molecular formula is C13H11N3OS. The van der Waals surface area contributed by atoms with E-state index in [0.29, 0.717) is 17.3 Å². The standard InChI is InChI=1S/C13H11N3OS/c14-9-4-5-11-10(7-9)16-12(17-11)8-18-13-3-1-2-6-15-13/h1-7H,8,14H2. The molecule has 0 spiro atoms. The van der Waals surface area contributed by atoms with Crippen molar-refractivity contribution in [2.24, 2.45) is 0 Å². The Hall–Kier alpha value is -2.01. The molecule has 0 saturated carbocycles. The fourth-order valence-electron chi connectivity index (χ4n) is 1.62. The minimum atomic E-state index is 0.658. The Morgan fingerprint density at radius 1 is 1.22 bits per heavy atom. The van der Waals surface area contributed by atoms with Gasteiger partial charge in [-0.15, -0.1) is 0 Å². The summed E-state index contributed by atoms with van der Waals surface area (Å²) in [4.78, 5) is 8.63. The van der Waals surface area contributed by atoms with E-state index < -0.39 is 0 Å². The highest BCUT2D eigenvalue weighted by Gasteiger charge is 2.06. The molecule has 2 aromatic heterocycles. The number of oxazole rings is 1. The van der Waals surface area contributed by atoms with E-state index in [9.17, 15) is 0 Å². The molecule has 5 heteroatoms. The van der Waals surface area contributed by atoms with Crippen LogP contribution in [0.2, 0.25) is 0 Å².